The Morgan fingerprint density at radius 3 is 2.63 bits per heavy atom. The average molecular weight is 482 g/mol. The first kappa shape index (κ1) is 22.6. The van der Waals surface area contributed by atoms with E-state index in [9.17, 15) is 9.59 Å². The van der Waals surface area contributed by atoms with Gasteiger partial charge >= 0.3 is 0 Å². The number of nitrogens with one attached hydrogen (secondary N) is 2. The molecule has 0 aliphatic heterocycles. The number of nitrogens with zero attached hydrogens (tertiary/aromatic N) is 3. The van der Waals surface area contributed by atoms with Crippen LogP contribution in [-0.4, -0.2) is 37.2 Å². The number of H-pyrrole nitrogens is 1. The van der Waals surface area contributed by atoms with Crippen molar-refractivity contribution >= 4 is 40.0 Å². The van der Waals surface area contributed by atoms with Crippen LogP contribution < -0.4 is 5.32 Å². The van der Waals surface area contributed by atoms with Crippen molar-refractivity contribution in [3.8, 4) is 17.1 Å². The maximum atomic E-state index is 12.7. The second kappa shape index (κ2) is 9.60. The molecule has 0 saturated heterocycles. The molecule has 0 fully saturated rings. The normalized spacial score (nSPS) is 11.0. The monoisotopic (exact) mass is 481 g/mol. The Bertz CT molecular complexity index is 1550. The van der Waals surface area contributed by atoms with Gasteiger partial charge in [0, 0.05) is 33.9 Å². The number of aromatic nitrogens is 4. The predicted molar refractivity (Wildman–Crippen MR) is 139 cm³/mol. The summed E-state index contributed by atoms with van der Waals surface area (Å²) in [7, 11) is 0. The third kappa shape index (κ3) is 4.61. The van der Waals surface area contributed by atoms with Crippen LogP contribution in [0.1, 0.15) is 22.8 Å². The molecule has 3 aromatic carbocycles. The lowest BCUT2D eigenvalue weighted by Crippen LogP contribution is -2.15. The van der Waals surface area contributed by atoms with E-state index in [4.69, 9.17) is 0 Å². The highest BCUT2D eigenvalue weighted by Crippen LogP contribution is 2.33. The molecule has 35 heavy (non-hydrogen) atoms. The van der Waals surface area contributed by atoms with Crippen molar-refractivity contribution in [2.75, 3.05) is 11.1 Å². The second-order valence-corrected chi connectivity index (χ2v) is 9.09. The largest absolute Gasteiger partial charge is 0.360 e. The third-order valence-corrected chi connectivity index (χ3v) is 6.63. The number of para-hydroxylation sites is 2. The summed E-state index contributed by atoms with van der Waals surface area (Å²) in [5.74, 6) is 0.603. The fourth-order valence-electron chi connectivity index (χ4n) is 3.97. The number of ketones is 1. The first-order chi connectivity index (χ1) is 17.0. The molecule has 0 aliphatic carbocycles. The zero-order chi connectivity index (χ0) is 24.4. The maximum absolute atomic E-state index is 12.7. The Kier molecular flexibility index (Phi) is 6.20. The number of hydrogen-bond acceptors (Lipinski definition) is 5. The number of aryl methyl sites for hydroxylation is 1. The van der Waals surface area contributed by atoms with Gasteiger partial charge in [-0.15, -0.1) is 10.2 Å². The van der Waals surface area contributed by atoms with E-state index in [0.29, 0.717) is 22.2 Å². The van der Waals surface area contributed by atoms with Gasteiger partial charge in [0.2, 0.25) is 5.91 Å². The van der Waals surface area contributed by atoms with Crippen molar-refractivity contribution in [1.82, 2.24) is 19.7 Å². The standard InChI is InChI=1S/C27H23N5O2S/c1-17-8-3-6-13-24(17)32-26(22-15-28-23-12-5-4-11-21(22)23)30-31-27(32)35-16-25(34)29-20-10-7-9-19(14-20)18(2)33/h3-15,28H,16H2,1-2H3,(H,29,34). The van der Waals surface area contributed by atoms with Crippen molar-refractivity contribution in [2.24, 2.45) is 0 Å². The number of Topliss-reactive ketones (excluding diaryl/α,β-unsaturated/α-hetero) is 1. The van der Waals surface area contributed by atoms with Gasteiger partial charge in [-0.2, -0.15) is 0 Å². The van der Waals surface area contributed by atoms with E-state index in [2.05, 4.69) is 20.5 Å². The minimum Gasteiger partial charge on any atom is -0.360 e. The van der Waals surface area contributed by atoms with Crippen LogP contribution in [0.3, 0.4) is 0 Å². The van der Waals surface area contributed by atoms with E-state index in [-0.39, 0.29) is 17.4 Å². The fourth-order valence-corrected chi connectivity index (χ4v) is 4.71. The van der Waals surface area contributed by atoms with Gasteiger partial charge in [0.25, 0.3) is 0 Å². The van der Waals surface area contributed by atoms with Crippen molar-refractivity contribution in [3.63, 3.8) is 0 Å². The van der Waals surface area contributed by atoms with Crippen molar-refractivity contribution in [3.05, 3.63) is 90.1 Å². The highest BCUT2D eigenvalue weighted by atomic mass is 32.2. The lowest BCUT2D eigenvalue weighted by atomic mass is 10.1. The lowest BCUT2D eigenvalue weighted by Gasteiger charge is -2.12. The van der Waals surface area contributed by atoms with Gasteiger partial charge in [-0.05, 0) is 43.7 Å². The minimum atomic E-state index is -0.191. The van der Waals surface area contributed by atoms with E-state index < -0.39 is 0 Å². The van der Waals surface area contributed by atoms with Gasteiger partial charge in [-0.3, -0.25) is 14.2 Å². The highest BCUT2D eigenvalue weighted by molar-refractivity contribution is 7.99. The van der Waals surface area contributed by atoms with Gasteiger partial charge in [-0.25, -0.2) is 0 Å². The summed E-state index contributed by atoms with van der Waals surface area (Å²) >= 11 is 1.31. The number of rotatable bonds is 7. The molecule has 7 nitrogen and oxygen atoms in total. The lowest BCUT2D eigenvalue weighted by molar-refractivity contribution is -0.113. The van der Waals surface area contributed by atoms with Gasteiger partial charge in [-0.1, -0.05) is 60.3 Å². The Hall–Kier alpha value is -4.17. The molecule has 0 aliphatic rings. The summed E-state index contributed by atoms with van der Waals surface area (Å²) in [6.07, 6.45) is 1.94. The molecule has 5 rings (SSSR count). The quantitative estimate of drug-likeness (QED) is 0.231. The number of benzene rings is 3. The molecule has 0 unspecified atom stereocenters. The van der Waals surface area contributed by atoms with Gasteiger partial charge in [0.1, 0.15) is 0 Å². The summed E-state index contributed by atoms with van der Waals surface area (Å²) in [5, 5.41) is 13.5. The molecule has 8 heteroatoms. The van der Waals surface area contributed by atoms with Crippen LogP contribution in [0.25, 0.3) is 28.0 Å². The maximum Gasteiger partial charge on any atom is 0.234 e. The van der Waals surface area contributed by atoms with Gasteiger partial charge in [0.15, 0.2) is 16.8 Å². The molecule has 0 atom stereocenters. The smallest absolute Gasteiger partial charge is 0.234 e. The molecule has 0 bridgehead atoms. The van der Waals surface area contributed by atoms with Crippen LogP contribution in [0, 0.1) is 6.92 Å². The van der Waals surface area contributed by atoms with Gasteiger partial charge < -0.3 is 10.3 Å². The molecule has 174 valence electrons. The zero-order valence-corrected chi connectivity index (χ0v) is 20.1. The molecule has 5 aromatic rings. The average Bonchev–Trinajstić information content (AvgIpc) is 3.47. The fraction of sp³-hybridized carbons (Fsp3) is 0.111. The number of hydrogen-bond donors (Lipinski definition) is 2. The van der Waals surface area contributed by atoms with Crippen LogP contribution >= 0.6 is 11.8 Å². The molecule has 2 N–H and O–H groups in total. The van der Waals surface area contributed by atoms with Crippen LogP contribution in [0.2, 0.25) is 0 Å². The molecular weight excluding hydrogens is 458 g/mol. The first-order valence-corrected chi connectivity index (χ1v) is 12.1. The van der Waals surface area contributed by atoms with E-state index in [0.717, 1.165) is 27.7 Å². The Labute approximate surface area is 206 Å². The second-order valence-electron chi connectivity index (χ2n) is 8.15. The first-order valence-electron chi connectivity index (χ1n) is 11.1. The number of carbonyl (C=O) groups is 2. The topological polar surface area (TPSA) is 92.7 Å². The molecule has 1 amide bonds. The van der Waals surface area contributed by atoms with Crippen molar-refractivity contribution in [1.29, 1.82) is 0 Å². The summed E-state index contributed by atoms with van der Waals surface area (Å²) in [6.45, 7) is 3.54. The van der Waals surface area contributed by atoms with Crippen LogP contribution in [-0.2, 0) is 4.79 Å². The Morgan fingerprint density at radius 1 is 1.00 bits per heavy atom. The highest BCUT2D eigenvalue weighted by Gasteiger charge is 2.20. The number of thioether (sulfide) groups is 1. The summed E-state index contributed by atoms with van der Waals surface area (Å²) in [6, 6.07) is 23.0. The predicted octanol–water partition coefficient (Wildman–Crippen LogP) is 5.66. The number of amides is 1. The van der Waals surface area contributed by atoms with Crippen molar-refractivity contribution in [2.45, 2.75) is 19.0 Å². The van der Waals surface area contributed by atoms with Gasteiger partial charge in [0.05, 0.1) is 11.4 Å². The molecule has 0 spiro atoms. The minimum absolute atomic E-state index is 0.0494. The van der Waals surface area contributed by atoms with E-state index in [1.54, 1.807) is 24.3 Å². The van der Waals surface area contributed by atoms with Crippen LogP contribution in [0.15, 0.2) is 84.1 Å². The van der Waals surface area contributed by atoms with Crippen LogP contribution in [0.5, 0.6) is 0 Å². The van der Waals surface area contributed by atoms with E-state index >= 15 is 0 Å². The molecule has 0 saturated carbocycles. The van der Waals surface area contributed by atoms with E-state index in [1.807, 2.05) is 66.2 Å². The number of carbonyl (C=O) groups excluding carboxylic acids is 2. The molecule has 0 radical (unpaired) electrons. The third-order valence-electron chi connectivity index (χ3n) is 5.71. The summed E-state index contributed by atoms with van der Waals surface area (Å²) in [4.78, 5) is 27.7. The Balaban J connectivity index is 1.46. The molecular formula is C27H23N5O2S. The Morgan fingerprint density at radius 2 is 1.80 bits per heavy atom. The number of aromatic amines is 1. The summed E-state index contributed by atoms with van der Waals surface area (Å²) in [5.41, 5.74) is 5.12. The van der Waals surface area contributed by atoms with E-state index in [1.165, 1.54) is 18.7 Å². The number of fused-ring (bicyclic) bond motifs is 1. The van der Waals surface area contributed by atoms with Crippen molar-refractivity contribution < 1.29 is 9.59 Å². The zero-order valence-electron chi connectivity index (χ0n) is 19.3. The van der Waals surface area contributed by atoms with Crippen LogP contribution in [0.4, 0.5) is 5.69 Å². The molecule has 2 heterocycles. The summed E-state index contributed by atoms with van der Waals surface area (Å²) < 4.78 is 2.00. The SMILES string of the molecule is CC(=O)c1cccc(NC(=O)CSc2nnc(-c3c[nH]c4ccccc34)n2-c2ccccc2C)c1. The number of anilines is 1. The molecule has 2 aromatic heterocycles.